The fraction of sp³-hybridized carbons (Fsp3) is 0.750. The predicted molar refractivity (Wildman–Crippen MR) is 62.5 cm³/mol. The normalized spacial score (nSPS) is 12.7. The molecule has 3 N–H and O–H groups in total. The van der Waals surface area contributed by atoms with Crippen LogP contribution in [-0.2, 0) is 4.79 Å². The lowest BCUT2D eigenvalue weighted by atomic mass is 9.93. The number of rotatable bonds is 8. The summed E-state index contributed by atoms with van der Waals surface area (Å²) in [5, 5.41) is 27.4. The molecular formula is C12H22O4. The highest BCUT2D eigenvalue weighted by molar-refractivity contribution is 5.84. The average molecular weight is 230 g/mol. The van der Waals surface area contributed by atoms with E-state index in [-0.39, 0.29) is 11.7 Å². The molecule has 0 aliphatic carbocycles. The number of aliphatic carboxylic acids is 1. The van der Waals surface area contributed by atoms with Gasteiger partial charge in [-0.15, -0.1) is 0 Å². The van der Waals surface area contributed by atoms with Crippen LogP contribution < -0.4 is 0 Å². The maximum atomic E-state index is 10.5. The summed E-state index contributed by atoms with van der Waals surface area (Å²) in [7, 11) is 0. The molecule has 0 aromatic heterocycles. The molecule has 0 fully saturated rings. The SMILES string of the molecule is CCCCC(CCCC)C(O)=C(O)C(=O)O. The monoisotopic (exact) mass is 230 g/mol. The van der Waals surface area contributed by atoms with Gasteiger partial charge in [-0.25, -0.2) is 4.79 Å². The van der Waals surface area contributed by atoms with Crippen molar-refractivity contribution in [1.82, 2.24) is 0 Å². The average Bonchev–Trinajstić information content (AvgIpc) is 2.27. The van der Waals surface area contributed by atoms with E-state index in [0.717, 1.165) is 38.5 Å². The van der Waals surface area contributed by atoms with Crippen molar-refractivity contribution in [3.63, 3.8) is 0 Å². The van der Waals surface area contributed by atoms with E-state index >= 15 is 0 Å². The van der Waals surface area contributed by atoms with E-state index in [1.807, 2.05) is 13.8 Å². The van der Waals surface area contributed by atoms with Crippen LogP contribution in [0.1, 0.15) is 52.4 Å². The van der Waals surface area contributed by atoms with Crippen LogP contribution in [0.2, 0.25) is 0 Å². The van der Waals surface area contributed by atoms with Crippen LogP contribution in [0.25, 0.3) is 0 Å². The Morgan fingerprint density at radius 3 is 1.75 bits per heavy atom. The van der Waals surface area contributed by atoms with E-state index < -0.39 is 11.7 Å². The standard InChI is InChI=1S/C12H22O4/c1-3-5-7-9(8-6-4-2)10(13)11(14)12(15)16/h9,13-14H,3-8H2,1-2H3,(H,15,16). The first-order chi connectivity index (χ1) is 7.54. The summed E-state index contributed by atoms with van der Waals surface area (Å²) in [6.07, 6.45) is 5.27. The van der Waals surface area contributed by atoms with Crippen molar-refractivity contribution >= 4 is 5.97 Å². The topological polar surface area (TPSA) is 77.8 Å². The summed E-state index contributed by atoms with van der Waals surface area (Å²) < 4.78 is 0. The van der Waals surface area contributed by atoms with Gasteiger partial charge >= 0.3 is 5.97 Å². The number of unbranched alkanes of at least 4 members (excludes halogenated alkanes) is 2. The smallest absolute Gasteiger partial charge is 0.374 e. The zero-order valence-electron chi connectivity index (χ0n) is 10.1. The lowest BCUT2D eigenvalue weighted by Gasteiger charge is -2.15. The number of allylic oxidation sites excluding steroid dienone is 1. The Labute approximate surface area is 96.6 Å². The van der Waals surface area contributed by atoms with E-state index in [1.165, 1.54) is 0 Å². The molecule has 0 aliphatic rings. The van der Waals surface area contributed by atoms with Gasteiger partial charge in [-0.3, -0.25) is 0 Å². The maximum absolute atomic E-state index is 10.5. The highest BCUT2D eigenvalue weighted by Gasteiger charge is 2.20. The second kappa shape index (κ2) is 8.02. The largest absolute Gasteiger partial charge is 0.508 e. The summed E-state index contributed by atoms with van der Waals surface area (Å²) in [6.45, 7) is 4.07. The molecule has 4 heteroatoms. The lowest BCUT2D eigenvalue weighted by molar-refractivity contribution is -0.136. The Balaban J connectivity index is 4.59. The summed E-state index contributed by atoms with van der Waals surface area (Å²) in [6, 6.07) is 0. The molecule has 0 spiro atoms. The van der Waals surface area contributed by atoms with Gasteiger partial charge in [-0.2, -0.15) is 0 Å². The molecule has 0 aromatic carbocycles. The van der Waals surface area contributed by atoms with Gasteiger partial charge in [0.25, 0.3) is 0 Å². The number of aliphatic hydroxyl groups excluding tert-OH is 2. The lowest BCUT2D eigenvalue weighted by Crippen LogP contribution is -2.12. The third-order valence-corrected chi connectivity index (χ3v) is 2.64. The van der Waals surface area contributed by atoms with Crippen LogP contribution in [0.5, 0.6) is 0 Å². The van der Waals surface area contributed by atoms with Crippen molar-refractivity contribution in [1.29, 1.82) is 0 Å². The number of hydrogen-bond acceptors (Lipinski definition) is 3. The first-order valence-electron chi connectivity index (χ1n) is 5.89. The van der Waals surface area contributed by atoms with Gasteiger partial charge in [-0.1, -0.05) is 39.5 Å². The highest BCUT2D eigenvalue weighted by Crippen LogP contribution is 2.24. The molecule has 16 heavy (non-hydrogen) atoms. The van der Waals surface area contributed by atoms with E-state index in [1.54, 1.807) is 0 Å². The Morgan fingerprint density at radius 2 is 1.44 bits per heavy atom. The van der Waals surface area contributed by atoms with Crippen LogP contribution >= 0.6 is 0 Å². The molecule has 0 aliphatic heterocycles. The van der Waals surface area contributed by atoms with Crippen LogP contribution in [0.4, 0.5) is 0 Å². The molecule has 0 bridgehead atoms. The second-order valence-corrected chi connectivity index (χ2v) is 4.02. The molecule has 0 rings (SSSR count). The van der Waals surface area contributed by atoms with E-state index in [9.17, 15) is 15.0 Å². The number of carbonyl (C=O) groups is 1. The fourth-order valence-corrected chi connectivity index (χ4v) is 1.62. The number of carboxylic acid groups (broad SMARTS) is 1. The van der Waals surface area contributed by atoms with Crippen molar-refractivity contribution in [3.8, 4) is 0 Å². The van der Waals surface area contributed by atoms with Gasteiger partial charge in [0.15, 0.2) is 0 Å². The van der Waals surface area contributed by atoms with Crippen molar-refractivity contribution in [2.45, 2.75) is 52.4 Å². The zero-order valence-corrected chi connectivity index (χ0v) is 10.1. The van der Waals surface area contributed by atoms with Gasteiger partial charge in [0.1, 0.15) is 5.76 Å². The Morgan fingerprint density at radius 1 is 1.00 bits per heavy atom. The number of hydrogen-bond donors (Lipinski definition) is 3. The molecule has 4 nitrogen and oxygen atoms in total. The first kappa shape index (κ1) is 14.8. The van der Waals surface area contributed by atoms with Crippen molar-refractivity contribution < 1.29 is 20.1 Å². The molecule has 0 saturated carbocycles. The van der Waals surface area contributed by atoms with E-state index in [2.05, 4.69) is 0 Å². The molecule has 0 heterocycles. The molecule has 0 radical (unpaired) electrons. The van der Waals surface area contributed by atoms with E-state index in [4.69, 9.17) is 5.11 Å². The molecule has 94 valence electrons. The minimum Gasteiger partial charge on any atom is -0.508 e. The van der Waals surface area contributed by atoms with Crippen LogP contribution in [-0.4, -0.2) is 21.3 Å². The van der Waals surface area contributed by atoms with Crippen LogP contribution in [0.3, 0.4) is 0 Å². The van der Waals surface area contributed by atoms with Crippen LogP contribution in [0.15, 0.2) is 11.5 Å². The minimum absolute atomic E-state index is 0.226. The quantitative estimate of drug-likeness (QED) is 0.441. The fourth-order valence-electron chi connectivity index (χ4n) is 1.62. The van der Waals surface area contributed by atoms with Gasteiger partial charge in [0.2, 0.25) is 5.76 Å². The Kier molecular flexibility index (Phi) is 7.42. The Bertz CT molecular complexity index is 237. The van der Waals surface area contributed by atoms with Crippen molar-refractivity contribution in [2.24, 2.45) is 5.92 Å². The van der Waals surface area contributed by atoms with Gasteiger partial charge < -0.3 is 15.3 Å². The van der Waals surface area contributed by atoms with Gasteiger partial charge in [-0.05, 0) is 12.8 Å². The highest BCUT2D eigenvalue weighted by atomic mass is 16.4. The summed E-state index contributed by atoms with van der Waals surface area (Å²) in [5.74, 6) is -2.96. The summed E-state index contributed by atoms with van der Waals surface area (Å²) >= 11 is 0. The second-order valence-electron chi connectivity index (χ2n) is 4.02. The molecule has 0 saturated heterocycles. The number of carboxylic acids is 1. The third kappa shape index (κ3) is 5.05. The van der Waals surface area contributed by atoms with Crippen molar-refractivity contribution in [2.75, 3.05) is 0 Å². The minimum atomic E-state index is -1.46. The van der Waals surface area contributed by atoms with Crippen LogP contribution in [0, 0.1) is 5.92 Å². The molecule has 0 atom stereocenters. The molecule has 0 aromatic rings. The van der Waals surface area contributed by atoms with Crippen molar-refractivity contribution in [3.05, 3.63) is 11.5 Å². The Hall–Kier alpha value is -1.19. The molecule has 0 unspecified atom stereocenters. The third-order valence-electron chi connectivity index (χ3n) is 2.64. The first-order valence-corrected chi connectivity index (χ1v) is 5.89. The maximum Gasteiger partial charge on any atom is 0.374 e. The molecule has 0 amide bonds. The van der Waals surface area contributed by atoms with E-state index in [0.29, 0.717) is 0 Å². The summed E-state index contributed by atoms with van der Waals surface area (Å²) in [4.78, 5) is 10.5. The molecular weight excluding hydrogens is 208 g/mol. The summed E-state index contributed by atoms with van der Waals surface area (Å²) in [5.41, 5.74) is 0. The zero-order chi connectivity index (χ0) is 12.6. The van der Waals surface area contributed by atoms with Gasteiger partial charge in [0.05, 0.1) is 0 Å². The predicted octanol–water partition coefficient (Wildman–Crippen LogP) is 3.40. The van der Waals surface area contributed by atoms with Gasteiger partial charge in [0, 0.05) is 5.92 Å². The number of aliphatic hydroxyl groups is 2.